The molecule has 118 valence electrons. The highest BCUT2D eigenvalue weighted by Crippen LogP contribution is 2.28. The van der Waals surface area contributed by atoms with E-state index in [0.29, 0.717) is 6.61 Å². The van der Waals surface area contributed by atoms with Crippen LogP contribution in [-0.2, 0) is 9.53 Å². The van der Waals surface area contributed by atoms with Gasteiger partial charge in [0.15, 0.2) is 0 Å². The Morgan fingerprint density at radius 2 is 1.67 bits per heavy atom. The van der Waals surface area contributed by atoms with Gasteiger partial charge in [0.25, 0.3) is 0 Å². The van der Waals surface area contributed by atoms with E-state index in [1.807, 2.05) is 39.8 Å². The molecule has 1 aromatic carbocycles. The summed E-state index contributed by atoms with van der Waals surface area (Å²) in [5.74, 6) is 1.55. The third-order valence-corrected chi connectivity index (χ3v) is 3.63. The van der Waals surface area contributed by atoms with Crippen molar-refractivity contribution >= 4 is 5.97 Å². The van der Waals surface area contributed by atoms with Crippen LogP contribution in [0.4, 0.5) is 0 Å². The van der Waals surface area contributed by atoms with Crippen LogP contribution in [-0.4, -0.2) is 26.8 Å². The number of rotatable bonds is 7. The second-order valence-electron chi connectivity index (χ2n) is 5.91. The van der Waals surface area contributed by atoms with Crippen LogP contribution in [0.3, 0.4) is 0 Å². The van der Waals surface area contributed by atoms with Gasteiger partial charge in [0, 0.05) is 0 Å². The average Bonchev–Trinajstić information content (AvgIpc) is 2.45. The molecule has 0 heterocycles. The van der Waals surface area contributed by atoms with Crippen molar-refractivity contribution in [1.82, 2.24) is 0 Å². The SMILES string of the molecule is COC(=O)C(C)(C)CCCOc1cc(C)c(OC)cc1C. The van der Waals surface area contributed by atoms with Crippen molar-refractivity contribution in [2.45, 2.75) is 40.5 Å². The van der Waals surface area contributed by atoms with Gasteiger partial charge in [0.1, 0.15) is 11.5 Å². The predicted octanol–water partition coefficient (Wildman–Crippen LogP) is 3.67. The Morgan fingerprint density at radius 3 is 2.24 bits per heavy atom. The van der Waals surface area contributed by atoms with E-state index in [2.05, 4.69) is 0 Å². The predicted molar refractivity (Wildman–Crippen MR) is 83.0 cm³/mol. The van der Waals surface area contributed by atoms with Gasteiger partial charge < -0.3 is 14.2 Å². The van der Waals surface area contributed by atoms with Crippen LogP contribution < -0.4 is 9.47 Å². The van der Waals surface area contributed by atoms with Crippen molar-refractivity contribution in [3.63, 3.8) is 0 Å². The number of carbonyl (C=O) groups excluding carboxylic acids is 1. The normalized spacial score (nSPS) is 11.1. The zero-order valence-electron chi connectivity index (χ0n) is 13.9. The van der Waals surface area contributed by atoms with E-state index in [1.165, 1.54) is 7.11 Å². The lowest BCUT2D eigenvalue weighted by atomic mass is 9.88. The number of benzene rings is 1. The van der Waals surface area contributed by atoms with E-state index in [0.717, 1.165) is 35.5 Å². The molecule has 21 heavy (non-hydrogen) atoms. The molecule has 0 aliphatic rings. The van der Waals surface area contributed by atoms with Crippen molar-refractivity contribution in [2.24, 2.45) is 5.41 Å². The highest BCUT2D eigenvalue weighted by atomic mass is 16.5. The van der Waals surface area contributed by atoms with Crippen LogP contribution in [0.2, 0.25) is 0 Å². The maximum atomic E-state index is 11.6. The average molecular weight is 294 g/mol. The first-order valence-corrected chi connectivity index (χ1v) is 7.18. The Labute approximate surface area is 127 Å². The minimum Gasteiger partial charge on any atom is -0.496 e. The van der Waals surface area contributed by atoms with Gasteiger partial charge in [0.05, 0.1) is 26.2 Å². The largest absolute Gasteiger partial charge is 0.496 e. The smallest absolute Gasteiger partial charge is 0.311 e. The number of esters is 1. The monoisotopic (exact) mass is 294 g/mol. The van der Waals surface area contributed by atoms with Crippen molar-refractivity contribution < 1.29 is 19.0 Å². The summed E-state index contributed by atoms with van der Waals surface area (Å²) >= 11 is 0. The lowest BCUT2D eigenvalue weighted by molar-refractivity contribution is -0.151. The summed E-state index contributed by atoms with van der Waals surface area (Å²) in [6.07, 6.45) is 1.53. The summed E-state index contributed by atoms with van der Waals surface area (Å²) in [6.45, 7) is 8.34. The van der Waals surface area contributed by atoms with Crippen LogP contribution in [0.15, 0.2) is 12.1 Å². The standard InChI is InChI=1S/C17H26O4/c1-12-11-15(13(2)10-14(12)19-5)21-9-7-8-17(3,4)16(18)20-6/h10-11H,7-9H2,1-6H3. The summed E-state index contributed by atoms with van der Waals surface area (Å²) in [4.78, 5) is 11.6. The minimum atomic E-state index is -0.469. The Hall–Kier alpha value is -1.71. The minimum absolute atomic E-state index is 0.182. The molecule has 0 radical (unpaired) electrons. The zero-order chi connectivity index (χ0) is 16.0. The van der Waals surface area contributed by atoms with Crippen LogP contribution in [0, 0.1) is 19.3 Å². The first-order valence-electron chi connectivity index (χ1n) is 7.18. The van der Waals surface area contributed by atoms with Crippen molar-refractivity contribution in [1.29, 1.82) is 0 Å². The molecule has 0 atom stereocenters. The van der Waals surface area contributed by atoms with Gasteiger partial charge in [-0.25, -0.2) is 0 Å². The molecule has 4 nitrogen and oxygen atoms in total. The van der Waals surface area contributed by atoms with E-state index < -0.39 is 5.41 Å². The fourth-order valence-corrected chi connectivity index (χ4v) is 2.21. The molecule has 0 amide bonds. The van der Waals surface area contributed by atoms with E-state index in [1.54, 1.807) is 7.11 Å². The number of hydrogen-bond donors (Lipinski definition) is 0. The number of carbonyl (C=O) groups is 1. The fraction of sp³-hybridized carbons (Fsp3) is 0.588. The van der Waals surface area contributed by atoms with Gasteiger partial charge in [-0.3, -0.25) is 4.79 Å². The molecule has 1 aromatic rings. The third kappa shape index (κ3) is 4.66. The molecule has 0 aromatic heterocycles. The van der Waals surface area contributed by atoms with Gasteiger partial charge in [-0.2, -0.15) is 0 Å². The van der Waals surface area contributed by atoms with Crippen LogP contribution >= 0.6 is 0 Å². The molecule has 1 rings (SSSR count). The van der Waals surface area contributed by atoms with E-state index in [4.69, 9.17) is 14.2 Å². The highest BCUT2D eigenvalue weighted by Gasteiger charge is 2.27. The van der Waals surface area contributed by atoms with Crippen molar-refractivity contribution in [3.05, 3.63) is 23.3 Å². The van der Waals surface area contributed by atoms with Crippen LogP contribution in [0.5, 0.6) is 11.5 Å². The van der Waals surface area contributed by atoms with E-state index in [9.17, 15) is 4.79 Å². The molecule has 0 N–H and O–H groups in total. The zero-order valence-corrected chi connectivity index (χ0v) is 13.9. The summed E-state index contributed by atoms with van der Waals surface area (Å²) in [5.41, 5.74) is 1.63. The molecule has 0 bridgehead atoms. The molecule has 0 aliphatic heterocycles. The molecular formula is C17H26O4. The maximum absolute atomic E-state index is 11.6. The molecule has 0 saturated carbocycles. The van der Waals surface area contributed by atoms with Crippen molar-refractivity contribution in [2.75, 3.05) is 20.8 Å². The topological polar surface area (TPSA) is 44.8 Å². The molecule has 0 fully saturated rings. The Morgan fingerprint density at radius 1 is 1.10 bits per heavy atom. The first kappa shape index (κ1) is 17.3. The Bertz CT molecular complexity index is 492. The number of aryl methyl sites for hydroxylation is 2. The Kier molecular flexibility index (Phi) is 6.06. The summed E-state index contributed by atoms with van der Waals surface area (Å²) in [6, 6.07) is 3.96. The van der Waals surface area contributed by atoms with Gasteiger partial charge in [-0.1, -0.05) is 0 Å². The molecule has 0 unspecified atom stereocenters. The summed E-state index contributed by atoms with van der Waals surface area (Å²) in [5, 5.41) is 0. The number of methoxy groups -OCH3 is 2. The van der Waals surface area contributed by atoms with Crippen molar-refractivity contribution in [3.8, 4) is 11.5 Å². The number of ether oxygens (including phenoxy) is 3. The second-order valence-corrected chi connectivity index (χ2v) is 5.91. The quantitative estimate of drug-likeness (QED) is 0.568. The van der Waals surface area contributed by atoms with Gasteiger partial charge >= 0.3 is 5.97 Å². The van der Waals surface area contributed by atoms with Gasteiger partial charge in [-0.05, 0) is 63.8 Å². The lowest BCUT2D eigenvalue weighted by Gasteiger charge is -2.21. The summed E-state index contributed by atoms with van der Waals surface area (Å²) in [7, 11) is 3.08. The summed E-state index contributed by atoms with van der Waals surface area (Å²) < 4.78 is 15.9. The third-order valence-electron chi connectivity index (χ3n) is 3.63. The maximum Gasteiger partial charge on any atom is 0.311 e. The second kappa shape index (κ2) is 7.34. The van der Waals surface area contributed by atoms with E-state index >= 15 is 0 Å². The molecular weight excluding hydrogens is 268 g/mol. The first-order chi connectivity index (χ1) is 9.81. The number of hydrogen-bond acceptors (Lipinski definition) is 4. The molecule has 4 heteroatoms. The lowest BCUT2D eigenvalue weighted by Crippen LogP contribution is -2.26. The fourth-order valence-electron chi connectivity index (χ4n) is 2.21. The molecule has 0 saturated heterocycles. The van der Waals surface area contributed by atoms with Gasteiger partial charge in [-0.15, -0.1) is 0 Å². The highest BCUT2D eigenvalue weighted by molar-refractivity contribution is 5.75. The van der Waals surface area contributed by atoms with Gasteiger partial charge in [0.2, 0.25) is 0 Å². The molecule has 0 aliphatic carbocycles. The molecule has 0 spiro atoms. The van der Waals surface area contributed by atoms with Crippen LogP contribution in [0.25, 0.3) is 0 Å². The Balaban J connectivity index is 2.54. The van der Waals surface area contributed by atoms with E-state index in [-0.39, 0.29) is 5.97 Å². The van der Waals surface area contributed by atoms with Crippen LogP contribution in [0.1, 0.15) is 37.8 Å².